The molecule has 2 N–H and O–H groups in total. The van der Waals surface area contributed by atoms with Crippen LogP contribution in [0.3, 0.4) is 0 Å². The highest BCUT2D eigenvalue weighted by Crippen LogP contribution is 2.44. The molecule has 1 atom stereocenters. The molecule has 0 aromatic heterocycles. The summed E-state index contributed by atoms with van der Waals surface area (Å²) in [5.74, 6) is 1.64. The van der Waals surface area contributed by atoms with E-state index < -0.39 is 6.09 Å². The number of benzene rings is 3. The van der Waals surface area contributed by atoms with Crippen LogP contribution >= 0.6 is 0 Å². The number of amides is 1. The average Bonchev–Trinajstić information content (AvgIpc) is 3.39. The van der Waals surface area contributed by atoms with Crippen LogP contribution in [0.2, 0.25) is 0 Å². The van der Waals surface area contributed by atoms with Gasteiger partial charge in [-0.2, -0.15) is 0 Å². The number of hydrogen-bond donors (Lipinski definition) is 2. The third-order valence-corrected chi connectivity index (χ3v) is 6.67. The van der Waals surface area contributed by atoms with Crippen LogP contribution in [-0.2, 0) is 11.2 Å². The van der Waals surface area contributed by atoms with Crippen LogP contribution < -0.4 is 15.4 Å². The quantitative estimate of drug-likeness (QED) is 0.437. The lowest BCUT2D eigenvalue weighted by atomic mass is 9.98. The highest BCUT2D eigenvalue weighted by Gasteiger charge is 2.29. The molecule has 0 fully saturated rings. The van der Waals surface area contributed by atoms with Gasteiger partial charge in [0.2, 0.25) is 0 Å². The summed E-state index contributed by atoms with van der Waals surface area (Å²) in [4.78, 5) is 12.5. The van der Waals surface area contributed by atoms with Gasteiger partial charge in [-0.3, -0.25) is 0 Å². The third-order valence-electron chi connectivity index (χ3n) is 6.67. The molecule has 1 amide bonds. The van der Waals surface area contributed by atoms with Crippen LogP contribution in [0, 0.1) is 5.92 Å². The Morgan fingerprint density at radius 1 is 1.03 bits per heavy atom. The lowest BCUT2D eigenvalue weighted by Crippen LogP contribution is -2.35. The number of alkyl carbamates (subject to hydrolysis) is 1. The van der Waals surface area contributed by atoms with Gasteiger partial charge in [0.1, 0.15) is 18.5 Å². The Kier molecular flexibility index (Phi) is 6.43. The molecule has 1 aliphatic heterocycles. The summed E-state index contributed by atoms with van der Waals surface area (Å²) in [5, 5.41) is 6.37. The fraction of sp³-hybridized carbons (Fsp3) is 0.345. The van der Waals surface area contributed by atoms with E-state index in [2.05, 4.69) is 73.0 Å². The Morgan fingerprint density at radius 2 is 1.74 bits per heavy atom. The maximum Gasteiger partial charge on any atom is 0.407 e. The van der Waals surface area contributed by atoms with E-state index in [1.807, 2.05) is 18.2 Å². The molecular formula is C29H32N2O3. The minimum absolute atomic E-state index is 0.0618. The van der Waals surface area contributed by atoms with E-state index in [0.29, 0.717) is 19.1 Å². The maximum atomic E-state index is 12.5. The average molecular weight is 457 g/mol. The van der Waals surface area contributed by atoms with E-state index >= 15 is 0 Å². The monoisotopic (exact) mass is 456 g/mol. The molecule has 0 bridgehead atoms. The number of fused-ring (bicyclic) bond motifs is 4. The molecule has 5 heteroatoms. The molecule has 3 aromatic rings. The van der Waals surface area contributed by atoms with Crippen LogP contribution in [0.15, 0.2) is 66.7 Å². The number of rotatable bonds is 8. The molecule has 1 heterocycles. The van der Waals surface area contributed by atoms with Crippen molar-refractivity contribution in [3.63, 3.8) is 0 Å². The molecule has 0 saturated carbocycles. The number of carbonyl (C=O) groups is 1. The molecule has 34 heavy (non-hydrogen) atoms. The number of hydrogen-bond acceptors (Lipinski definition) is 4. The third kappa shape index (κ3) is 4.74. The molecule has 0 spiro atoms. The van der Waals surface area contributed by atoms with Gasteiger partial charge in [-0.1, -0.05) is 62.4 Å². The molecule has 0 saturated heterocycles. The standard InChI is InChI=1S/C29H32N2O3/c1-19(2)13-14-30-21-11-12-28-20(15-21)16-22(34-28)17-31-29(32)33-18-27-25-9-5-3-7-23(25)24-8-4-6-10-26(24)27/h3-12,15,19,22,27,30H,13-14,16-18H2,1-2H3,(H,31,32). The van der Waals surface area contributed by atoms with Crippen LogP contribution in [-0.4, -0.2) is 31.9 Å². The van der Waals surface area contributed by atoms with E-state index in [-0.39, 0.29) is 12.0 Å². The number of carbonyl (C=O) groups excluding carboxylic acids is 1. The zero-order chi connectivity index (χ0) is 23.5. The van der Waals surface area contributed by atoms with Gasteiger partial charge in [0.05, 0.1) is 6.54 Å². The van der Waals surface area contributed by atoms with E-state index in [0.717, 1.165) is 30.8 Å². The van der Waals surface area contributed by atoms with Gasteiger partial charge in [0.15, 0.2) is 0 Å². The van der Waals surface area contributed by atoms with Crippen LogP contribution in [0.1, 0.15) is 42.9 Å². The van der Waals surface area contributed by atoms with Crippen molar-refractivity contribution in [1.29, 1.82) is 0 Å². The Bertz CT molecular complexity index is 1130. The molecule has 2 aliphatic rings. The first-order chi connectivity index (χ1) is 16.6. The maximum absolute atomic E-state index is 12.5. The smallest absolute Gasteiger partial charge is 0.407 e. The summed E-state index contributed by atoms with van der Waals surface area (Å²) in [6, 6.07) is 22.9. The van der Waals surface area contributed by atoms with E-state index in [1.165, 1.54) is 27.8 Å². The Morgan fingerprint density at radius 3 is 2.44 bits per heavy atom. The highest BCUT2D eigenvalue weighted by molar-refractivity contribution is 5.79. The zero-order valence-electron chi connectivity index (χ0n) is 19.8. The summed E-state index contributed by atoms with van der Waals surface area (Å²) >= 11 is 0. The summed E-state index contributed by atoms with van der Waals surface area (Å²) < 4.78 is 11.7. The molecule has 5 nitrogen and oxygen atoms in total. The SMILES string of the molecule is CC(C)CCNc1ccc2c(c1)CC(CNC(=O)OCC1c3ccccc3-c3ccccc31)O2. The van der Waals surface area contributed by atoms with Crippen molar-refractivity contribution < 1.29 is 14.3 Å². The molecule has 5 rings (SSSR count). The van der Waals surface area contributed by atoms with E-state index in [4.69, 9.17) is 9.47 Å². The van der Waals surface area contributed by atoms with Crippen molar-refractivity contribution in [2.24, 2.45) is 5.92 Å². The van der Waals surface area contributed by atoms with Crippen molar-refractivity contribution >= 4 is 11.8 Å². The minimum atomic E-state index is -0.405. The van der Waals surface area contributed by atoms with Gasteiger partial charge in [0.25, 0.3) is 0 Å². The zero-order valence-corrected chi connectivity index (χ0v) is 19.8. The molecule has 1 aliphatic carbocycles. The first-order valence-electron chi connectivity index (χ1n) is 12.2. The number of ether oxygens (including phenoxy) is 2. The second-order valence-corrected chi connectivity index (χ2v) is 9.58. The molecule has 176 valence electrons. The summed E-state index contributed by atoms with van der Waals surface area (Å²) in [6.07, 6.45) is 1.43. The van der Waals surface area contributed by atoms with Gasteiger partial charge in [0, 0.05) is 24.6 Å². The van der Waals surface area contributed by atoms with Gasteiger partial charge in [-0.25, -0.2) is 4.79 Å². The summed E-state index contributed by atoms with van der Waals surface area (Å²) in [6.45, 7) is 6.15. The van der Waals surface area contributed by atoms with E-state index in [1.54, 1.807) is 0 Å². The van der Waals surface area contributed by atoms with Gasteiger partial charge < -0.3 is 20.1 Å². The fourth-order valence-corrected chi connectivity index (χ4v) is 4.90. The van der Waals surface area contributed by atoms with Gasteiger partial charge >= 0.3 is 6.09 Å². The summed E-state index contributed by atoms with van der Waals surface area (Å²) in [5.41, 5.74) is 7.17. The first-order valence-corrected chi connectivity index (χ1v) is 12.2. The second-order valence-electron chi connectivity index (χ2n) is 9.58. The largest absolute Gasteiger partial charge is 0.488 e. The fourth-order valence-electron chi connectivity index (χ4n) is 4.90. The molecular weight excluding hydrogens is 424 g/mol. The van der Waals surface area contributed by atoms with Crippen LogP contribution in [0.4, 0.5) is 10.5 Å². The van der Waals surface area contributed by atoms with Crippen molar-refractivity contribution in [1.82, 2.24) is 5.32 Å². The normalized spacial score (nSPS) is 15.9. The van der Waals surface area contributed by atoms with Crippen molar-refractivity contribution in [3.05, 3.63) is 83.4 Å². The Labute approximate surface area is 201 Å². The van der Waals surface area contributed by atoms with Crippen LogP contribution in [0.5, 0.6) is 5.75 Å². The van der Waals surface area contributed by atoms with Crippen molar-refractivity contribution in [2.45, 2.75) is 38.7 Å². The van der Waals surface area contributed by atoms with Gasteiger partial charge in [-0.05, 0) is 58.4 Å². The van der Waals surface area contributed by atoms with E-state index in [9.17, 15) is 4.79 Å². The molecule has 1 unspecified atom stereocenters. The van der Waals surface area contributed by atoms with Crippen molar-refractivity contribution in [2.75, 3.05) is 25.0 Å². The highest BCUT2D eigenvalue weighted by atomic mass is 16.5. The second kappa shape index (κ2) is 9.80. The minimum Gasteiger partial charge on any atom is -0.488 e. The molecule has 3 aromatic carbocycles. The number of nitrogens with one attached hydrogen (secondary N) is 2. The van der Waals surface area contributed by atoms with Gasteiger partial charge in [-0.15, -0.1) is 0 Å². The lowest BCUT2D eigenvalue weighted by molar-refractivity contribution is 0.136. The summed E-state index contributed by atoms with van der Waals surface area (Å²) in [7, 11) is 0. The Hall–Kier alpha value is -3.47. The lowest BCUT2D eigenvalue weighted by Gasteiger charge is -2.16. The van der Waals surface area contributed by atoms with Crippen LogP contribution in [0.25, 0.3) is 11.1 Å². The van der Waals surface area contributed by atoms with Crippen molar-refractivity contribution in [3.8, 4) is 16.9 Å². The first kappa shape index (κ1) is 22.3. The predicted octanol–water partition coefficient (Wildman–Crippen LogP) is 5.99. The Balaban J connectivity index is 1.12. The predicted molar refractivity (Wildman–Crippen MR) is 136 cm³/mol. The molecule has 0 radical (unpaired) electrons. The number of anilines is 1. The topological polar surface area (TPSA) is 59.6 Å².